The molecule has 0 unspecified atom stereocenters. The Labute approximate surface area is 297 Å². The van der Waals surface area contributed by atoms with Crippen molar-refractivity contribution in [3.8, 4) is 27.9 Å². The van der Waals surface area contributed by atoms with Gasteiger partial charge in [-0.25, -0.2) is 9.97 Å². The molecule has 0 atom stereocenters. The lowest BCUT2D eigenvalue weighted by Gasteiger charge is -2.11. The second-order valence-electron chi connectivity index (χ2n) is 13.9. The van der Waals surface area contributed by atoms with Crippen molar-refractivity contribution in [2.45, 2.75) is 0 Å². The van der Waals surface area contributed by atoms with Crippen LogP contribution in [0.5, 0.6) is 0 Å². The lowest BCUT2D eigenvalue weighted by molar-refractivity contribution is 1.19. The van der Waals surface area contributed by atoms with Crippen LogP contribution >= 0.6 is 0 Å². The second kappa shape index (κ2) is 10.3. The number of nitrogens with zero attached hydrogens (tertiary/aromatic N) is 4. The molecular weight excluding hydrogens is 633 g/mol. The molecule has 0 aliphatic heterocycles. The maximum absolute atomic E-state index is 5.39. The molecule has 4 aromatic heterocycles. The Bertz CT molecular complexity index is 3290. The minimum atomic E-state index is 0.890. The number of fused-ring (bicyclic) bond motifs is 11. The summed E-state index contributed by atoms with van der Waals surface area (Å²) in [6.07, 6.45) is 0. The monoisotopic (exact) mass is 660 g/mol. The largest absolute Gasteiger partial charge is 0.309 e. The van der Waals surface area contributed by atoms with E-state index < -0.39 is 0 Å². The van der Waals surface area contributed by atoms with Crippen LogP contribution in [0.2, 0.25) is 0 Å². The molecule has 0 spiro atoms. The van der Waals surface area contributed by atoms with Crippen LogP contribution in [-0.4, -0.2) is 18.9 Å². The van der Waals surface area contributed by atoms with E-state index in [0.717, 1.165) is 44.3 Å². The van der Waals surface area contributed by atoms with E-state index in [1.807, 2.05) is 0 Å². The van der Waals surface area contributed by atoms with Gasteiger partial charge in [-0.1, -0.05) is 127 Å². The first kappa shape index (κ1) is 27.7. The van der Waals surface area contributed by atoms with Crippen LogP contribution in [0, 0.1) is 0 Å². The van der Waals surface area contributed by atoms with Crippen molar-refractivity contribution in [2.24, 2.45) is 0 Å². The van der Waals surface area contributed by atoms with E-state index in [-0.39, 0.29) is 0 Å². The minimum absolute atomic E-state index is 0.890. The molecule has 0 bridgehead atoms. The Morgan fingerprint density at radius 1 is 0.365 bits per heavy atom. The van der Waals surface area contributed by atoms with Gasteiger partial charge in [0.1, 0.15) is 5.52 Å². The maximum atomic E-state index is 5.39. The highest BCUT2D eigenvalue weighted by atomic mass is 15.0. The van der Waals surface area contributed by atoms with Crippen molar-refractivity contribution in [1.29, 1.82) is 0 Å². The number of rotatable bonds is 3. The normalized spacial score (nSPS) is 12.2. The van der Waals surface area contributed by atoms with Gasteiger partial charge in [0.15, 0.2) is 5.65 Å². The Balaban J connectivity index is 1.23. The standard InChI is InChI=1S/C48H28N4/c1-3-11-29(12-4-1)33-19-21-37-38-22-20-34(30-13-5-2-6-14-30)26-45(38)51(44(37)25-33)35-27-39-36-17-9-10-18-43(36)52-47(39)40(28-35)46-48(52)50-42-24-32-16-8-7-15-31(32)23-41(42)49-46/h1-28H. The number of aromatic nitrogens is 4. The van der Waals surface area contributed by atoms with Gasteiger partial charge in [-0.15, -0.1) is 0 Å². The number of hydrogen-bond donors (Lipinski definition) is 0. The molecule has 8 aromatic carbocycles. The lowest BCUT2D eigenvalue weighted by atomic mass is 10.0. The SMILES string of the molecule is c1ccc(-c2ccc3c4ccc(-c5ccccc5)cc4n(-c4cc5c6ccccc6n6c7nc8cc9ccccc9cc8nc7c(c4)c56)c3c2)cc1. The van der Waals surface area contributed by atoms with Gasteiger partial charge in [0.25, 0.3) is 0 Å². The Kier molecular flexibility index (Phi) is 5.47. The fraction of sp³-hybridized carbons (Fsp3) is 0. The van der Waals surface area contributed by atoms with Gasteiger partial charge >= 0.3 is 0 Å². The summed E-state index contributed by atoms with van der Waals surface area (Å²) in [5, 5.41) is 8.31. The molecule has 4 heteroatoms. The second-order valence-corrected chi connectivity index (χ2v) is 13.9. The molecule has 52 heavy (non-hydrogen) atoms. The first-order chi connectivity index (χ1) is 25.8. The summed E-state index contributed by atoms with van der Waals surface area (Å²) in [5.74, 6) is 0. The fourth-order valence-corrected chi connectivity index (χ4v) is 8.60. The maximum Gasteiger partial charge on any atom is 0.165 e. The molecule has 0 aliphatic carbocycles. The van der Waals surface area contributed by atoms with Crippen LogP contribution < -0.4 is 0 Å². The first-order valence-electron chi connectivity index (χ1n) is 17.7. The van der Waals surface area contributed by atoms with Crippen LogP contribution in [0.25, 0.3) is 110 Å². The van der Waals surface area contributed by atoms with E-state index in [9.17, 15) is 0 Å². The van der Waals surface area contributed by atoms with Gasteiger partial charge in [0, 0.05) is 32.6 Å². The summed E-state index contributed by atoms with van der Waals surface area (Å²) in [4.78, 5) is 10.7. The predicted octanol–water partition coefficient (Wildman–Crippen LogP) is 12.4. The van der Waals surface area contributed by atoms with Crippen molar-refractivity contribution in [1.82, 2.24) is 18.9 Å². The highest BCUT2D eigenvalue weighted by Gasteiger charge is 2.23. The zero-order chi connectivity index (χ0) is 33.9. The molecule has 4 nitrogen and oxygen atoms in total. The van der Waals surface area contributed by atoms with E-state index in [1.54, 1.807) is 0 Å². The average Bonchev–Trinajstić information content (AvgIpc) is 3.83. The van der Waals surface area contributed by atoms with Crippen molar-refractivity contribution in [3.05, 3.63) is 170 Å². The highest BCUT2D eigenvalue weighted by Crippen LogP contribution is 2.43. The van der Waals surface area contributed by atoms with Gasteiger partial charge < -0.3 is 4.57 Å². The summed E-state index contributed by atoms with van der Waals surface area (Å²) in [6.45, 7) is 0. The molecule has 0 radical (unpaired) electrons. The Morgan fingerprint density at radius 2 is 0.904 bits per heavy atom. The molecule has 12 aromatic rings. The molecular formula is C48H28N4. The number of hydrogen-bond acceptors (Lipinski definition) is 2. The van der Waals surface area contributed by atoms with E-state index >= 15 is 0 Å². The topological polar surface area (TPSA) is 35.1 Å². The number of benzene rings is 8. The zero-order valence-electron chi connectivity index (χ0n) is 28.0. The molecule has 12 rings (SSSR count). The summed E-state index contributed by atoms with van der Waals surface area (Å²) >= 11 is 0. The summed E-state index contributed by atoms with van der Waals surface area (Å²) in [6, 6.07) is 61.3. The molecule has 0 fully saturated rings. The van der Waals surface area contributed by atoms with Crippen LogP contribution in [0.1, 0.15) is 0 Å². The van der Waals surface area contributed by atoms with Crippen molar-refractivity contribution in [3.63, 3.8) is 0 Å². The molecule has 0 saturated heterocycles. The van der Waals surface area contributed by atoms with Crippen LogP contribution in [-0.2, 0) is 0 Å². The summed E-state index contributed by atoms with van der Waals surface area (Å²) < 4.78 is 4.79. The third kappa shape index (κ3) is 3.81. The predicted molar refractivity (Wildman–Crippen MR) is 217 cm³/mol. The summed E-state index contributed by atoms with van der Waals surface area (Å²) in [5.41, 5.74) is 14.2. The lowest BCUT2D eigenvalue weighted by Crippen LogP contribution is -1.95. The Hall–Kier alpha value is -7.04. The minimum Gasteiger partial charge on any atom is -0.309 e. The molecule has 4 heterocycles. The van der Waals surface area contributed by atoms with Gasteiger partial charge in [0.2, 0.25) is 0 Å². The average molecular weight is 661 g/mol. The third-order valence-corrected chi connectivity index (χ3v) is 11.0. The molecule has 0 saturated carbocycles. The smallest absolute Gasteiger partial charge is 0.165 e. The highest BCUT2D eigenvalue weighted by molar-refractivity contribution is 6.23. The Morgan fingerprint density at radius 3 is 1.56 bits per heavy atom. The van der Waals surface area contributed by atoms with Crippen molar-refractivity contribution in [2.75, 3.05) is 0 Å². The molecule has 240 valence electrons. The van der Waals surface area contributed by atoms with Gasteiger partial charge in [0.05, 0.1) is 33.1 Å². The van der Waals surface area contributed by atoms with E-state index in [1.165, 1.54) is 65.6 Å². The fourth-order valence-electron chi connectivity index (χ4n) is 8.60. The zero-order valence-corrected chi connectivity index (χ0v) is 28.0. The van der Waals surface area contributed by atoms with Gasteiger partial charge in [-0.05, 0) is 75.5 Å². The first-order valence-corrected chi connectivity index (χ1v) is 17.7. The molecule has 0 N–H and O–H groups in total. The van der Waals surface area contributed by atoms with E-state index in [2.05, 4.69) is 179 Å². The number of para-hydroxylation sites is 1. The summed E-state index contributed by atoms with van der Waals surface area (Å²) in [7, 11) is 0. The molecule has 0 amide bonds. The van der Waals surface area contributed by atoms with Crippen LogP contribution in [0.3, 0.4) is 0 Å². The van der Waals surface area contributed by atoms with Gasteiger partial charge in [-0.2, -0.15) is 0 Å². The molecule has 0 aliphatic rings. The van der Waals surface area contributed by atoms with Crippen LogP contribution in [0.15, 0.2) is 170 Å². The van der Waals surface area contributed by atoms with E-state index in [4.69, 9.17) is 9.97 Å². The van der Waals surface area contributed by atoms with E-state index in [0.29, 0.717) is 0 Å². The van der Waals surface area contributed by atoms with Crippen molar-refractivity contribution >= 4 is 82.0 Å². The van der Waals surface area contributed by atoms with Crippen LogP contribution in [0.4, 0.5) is 0 Å². The van der Waals surface area contributed by atoms with Crippen molar-refractivity contribution < 1.29 is 0 Å². The van der Waals surface area contributed by atoms with Gasteiger partial charge in [-0.3, -0.25) is 4.40 Å². The third-order valence-electron chi connectivity index (χ3n) is 11.0. The quantitative estimate of drug-likeness (QED) is 0.177.